The summed E-state index contributed by atoms with van der Waals surface area (Å²) in [5.41, 5.74) is 0. The first-order valence-corrected chi connectivity index (χ1v) is 8.27. The number of hydrogen-bond acceptors (Lipinski definition) is 7. The van der Waals surface area contributed by atoms with E-state index in [0.717, 1.165) is 25.2 Å². The van der Waals surface area contributed by atoms with E-state index in [4.69, 9.17) is 4.74 Å². The van der Waals surface area contributed by atoms with Crippen LogP contribution in [0.1, 0.15) is 45.4 Å². The summed E-state index contributed by atoms with van der Waals surface area (Å²) < 4.78 is 5.16. The van der Waals surface area contributed by atoms with Gasteiger partial charge in [0.05, 0.1) is 12.5 Å². The Morgan fingerprint density at radius 2 is 2.09 bits per heavy atom. The van der Waals surface area contributed by atoms with Gasteiger partial charge in [-0.2, -0.15) is 15.0 Å². The average Bonchev–Trinajstić information content (AvgIpc) is 2.54. The van der Waals surface area contributed by atoms with Gasteiger partial charge in [-0.3, -0.25) is 4.79 Å². The molecule has 0 amide bonds. The number of ether oxygens (including phenoxy) is 1. The molecule has 1 aliphatic heterocycles. The Hall–Kier alpha value is -1.92. The van der Waals surface area contributed by atoms with E-state index in [-0.39, 0.29) is 17.8 Å². The Morgan fingerprint density at radius 1 is 1.35 bits per heavy atom. The highest BCUT2D eigenvalue weighted by atomic mass is 16.5. The topological polar surface area (TPSA) is 71.5 Å². The van der Waals surface area contributed by atoms with Crippen LogP contribution in [-0.2, 0) is 9.53 Å². The van der Waals surface area contributed by atoms with Gasteiger partial charge in [0.2, 0.25) is 11.9 Å². The summed E-state index contributed by atoms with van der Waals surface area (Å²) in [7, 11) is 3.84. The van der Waals surface area contributed by atoms with Gasteiger partial charge in [-0.05, 0) is 19.8 Å². The van der Waals surface area contributed by atoms with E-state index < -0.39 is 0 Å². The summed E-state index contributed by atoms with van der Waals surface area (Å²) in [5.74, 6) is 2.07. The second-order valence-corrected chi connectivity index (χ2v) is 6.38. The molecule has 7 nitrogen and oxygen atoms in total. The summed E-state index contributed by atoms with van der Waals surface area (Å²) in [6.45, 7) is 7.84. The third-order valence-electron chi connectivity index (χ3n) is 3.87. The van der Waals surface area contributed by atoms with Gasteiger partial charge in [0.1, 0.15) is 5.82 Å². The zero-order valence-corrected chi connectivity index (χ0v) is 14.7. The summed E-state index contributed by atoms with van der Waals surface area (Å²) in [6.07, 6.45) is 1.79. The Labute approximate surface area is 138 Å². The molecular weight excluding hydrogens is 294 g/mol. The van der Waals surface area contributed by atoms with E-state index in [1.807, 2.05) is 25.9 Å². The SMILES string of the molecule is CCOC(=O)[C@@H]1CCCN(c2nc(C(C)C)nc(N(C)C)n2)C1. The number of rotatable bonds is 5. The van der Waals surface area contributed by atoms with Crippen LogP contribution in [0.4, 0.5) is 11.9 Å². The lowest BCUT2D eigenvalue weighted by atomic mass is 9.98. The van der Waals surface area contributed by atoms with Crippen molar-refractivity contribution >= 4 is 17.9 Å². The number of esters is 1. The fourth-order valence-electron chi connectivity index (χ4n) is 2.58. The van der Waals surface area contributed by atoms with Crippen molar-refractivity contribution in [2.75, 3.05) is 43.6 Å². The van der Waals surface area contributed by atoms with Gasteiger partial charge < -0.3 is 14.5 Å². The monoisotopic (exact) mass is 321 g/mol. The lowest BCUT2D eigenvalue weighted by Crippen LogP contribution is -2.40. The fourth-order valence-corrected chi connectivity index (χ4v) is 2.58. The smallest absolute Gasteiger partial charge is 0.310 e. The molecule has 1 saturated heterocycles. The van der Waals surface area contributed by atoms with Crippen LogP contribution in [0.2, 0.25) is 0 Å². The first-order chi connectivity index (χ1) is 10.9. The van der Waals surface area contributed by atoms with Gasteiger partial charge in [-0.1, -0.05) is 13.8 Å². The largest absolute Gasteiger partial charge is 0.466 e. The van der Waals surface area contributed by atoms with E-state index in [1.165, 1.54) is 0 Å². The number of anilines is 2. The predicted molar refractivity (Wildman–Crippen MR) is 89.8 cm³/mol. The van der Waals surface area contributed by atoms with Crippen molar-refractivity contribution in [1.29, 1.82) is 0 Å². The molecule has 0 N–H and O–H groups in total. The highest BCUT2D eigenvalue weighted by molar-refractivity contribution is 5.73. The van der Waals surface area contributed by atoms with Gasteiger partial charge >= 0.3 is 5.97 Å². The number of nitrogens with zero attached hydrogens (tertiary/aromatic N) is 5. The van der Waals surface area contributed by atoms with Gasteiger partial charge in [0.15, 0.2) is 0 Å². The zero-order valence-electron chi connectivity index (χ0n) is 14.7. The molecule has 0 spiro atoms. The summed E-state index contributed by atoms with van der Waals surface area (Å²) in [6, 6.07) is 0. The fraction of sp³-hybridized carbons (Fsp3) is 0.750. The van der Waals surface area contributed by atoms with Crippen molar-refractivity contribution in [3.8, 4) is 0 Å². The highest BCUT2D eigenvalue weighted by Crippen LogP contribution is 2.24. The molecule has 0 radical (unpaired) electrons. The Kier molecular flexibility index (Phi) is 5.74. The molecule has 2 rings (SSSR count). The number of carbonyl (C=O) groups excluding carboxylic acids is 1. The van der Waals surface area contributed by atoms with Crippen molar-refractivity contribution in [3.63, 3.8) is 0 Å². The first kappa shape index (κ1) is 17.4. The number of hydrogen-bond donors (Lipinski definition) is 0. The summed E-state index contributed by atoms with van der Waals surface area (Å²) >= 11 is 0. The molecule has 1 aromatic heterocycles. The summed E-state index contributed by atoms with van der Waals surface area (Å²) in [4.78, 5) is 29.6. The second kappa shape index (κ2) is 7.57. The average molecular weight is 321 g/mol. The molecule has 1 aliphatic rings. The maximum absolute atomic E-state index is 12.0. The maximum Gasteiger partial charge on any atom is 0.310 e. The van der Waals surface area contributed by atoms with Crippen LogP contribution in [-0.4, -0.2) is 54.7 Å². The minimum atomic E-state index is -0.122. The van der Waals surface area contributed by atoms with Crippen LogP contribution >= 0.6 is 0 Å². The lowest BCUT2D eigenvalue weighted by molar-refractivity contribution is -0.148. The van der Waals surface area contributed by atoms with Crippen molar-refractivity contribution < 1.29 is 9.53 Å². The molecule has 1 aromatic rings. The highest BCUT2D eigenvalue weighted by Gasteiger charge is 2.29. The van der Waals surface area contributed by atoms with E-state index in [0.29, 0.717) is 25.0 Å². The quantitative estimate of drug-likeness (QED) is 0.766. The van der Waals surface area contributed by atoms with Crippen molar-refractivity contribution in [1.82, 2.24) is 15.0 Å². The third kappa shape index (κ3) is 4.30. The van der Waals surface area contributed by atoms with Gasteiger partial charge in [0, 0.05) is 33.1 Å². The molecule has 0 aliphatic carbocycles. The number of piperidine rings is 1. The third-order valence-corrected chi connectivity index (χ3v) is 3.87. The van der Waals surface area contributed by atoms with Crippen molar-refractivity contribution in [3.05, 3.63) is 5.82 Å². The van der Waals surface area contributed by atoms with Gasteiger partial charge in [-0.15, -0.1) is 0 Å². The molecule has 128 valence electrons. The van der Waals surface area contributed by atoms with Gasteiger partial charge in [-0.25, -0.2) is 0 Å². The molecule has 23 heavy (non-hydrogen) atoms. The Morgan fingerprint density at radius 3 is 2.70 bits per heavy atom. The van der Waals surface area contributed by atoms with Crippen LogP contribution < -0.4 is 9.80 Å². The second-order valence-electron chi connectivity index (χ2n) is 6.38. The predicted octanol–water partition coefficient (Wildman–Crippen LogP) is 1.84. The zero-order chi connectivity index (χ0) is 17.0. The summed E-state index contributed by atoms with van der Waals surface area (Å²) in [5, 5.41) is 0. The lowest BCUT2D eigenvalue weighted by Gasteiger charge is -2.32. The van der Waals surface area contributed by atoms with Crippen LogP contribution in [0.5, 0.6) is 0 Å². The Bertz CT molecular complexity index is 521. The molecule has 2 heterocycles. The minimum Gasteiger partial charge on any atom is -0.466 e. The molecule has 0 unspecified atom stereocenters. The molecule has 0 bridgehead atoms. The van der Waals surface area contributed by atoms with Crippen molar-refractivity contribution in [2.24, 2.45) is 5.92 Å². The Balaban J connectivity index is 2.24. The van der Waals surface area contributed by atoms with E-state index in [2.05, 4.69) is 33.7 Å². The molecule has 0 aromatic carbocycles. The molecule has 1 atom stereocenters. The van der Waals surface area contributed by atoms with E-state index in [9.17, 15) is 4.79 Å². The molecule has 0 saturated carbocycles. The van der Waals surface area contributed by atoms with E-state index >= 15 is 0 Å². The molecule has 7 heteroatoms. The standard InChI is InChI=1S/C16H27N5O2/c1-6-23-14(22)12-8-7-9-21(10-12)16-18-13(11(2)3)17-15(19-16)20(4)5/h11-12H,6-10H2,1-5H3/t12-/m1/s1. The maximum atomic E-state index is 12.0. The van der Waals surface area contributed by atoms with E-state index in [1.54, 1.807) is 0 Å². The number of carbonyl (C=O) groups is 1. The normalized spacial score (nSPS) is 18.2. The van der Waals surface area contributed by atoms with Crippen LogP contribution in [0.3, 0.4) is 0 Å². The van der Waals surface area contributed by atoms with Crippen LogP contribution in [0.15, 0.2) is 0 Å². The molecule has 1 fully saturated rings. The van der Waals surface area contributed by atoms with Crippen LogP contribution in [0, 0.1) is 5.92 Å². The van der Waals surface area contributed by atoms with Gasteiger partial charge in [0.25, 0.3) is 0 Å². The van der Waals surface area contributed by atoms with Crippen LogP contribution in [0.25, 0.3) is 0 Å². The van der Waals surface area contributed by atoms with Crippen molar-refractivity contribution in [2.45, 2.75) is 39.5 Å². The first-order valence-electron chi connectivity index (χ1n) is 8.27. The minimum absolute atomic E-state index is 0.106. The number of aromatic nitrogens is 3. The molecular formula is C16H27N5O2.